The van der Waals surface area contributed by atoms with Crippen LogP contribution in [0.4, 0.5) is 0 Å². The lowest BCUT2D eigenvalue weighted by atomic mass is 9.86. The number of hydrogen-bond donors (Lipinski definition) is 1. The molecule has 6 heteroatoms. The molecular formula is C28H34N2O4. The van der Waals surface area contributed by atoms with Crippen LogP contribution in [0.1, 0.15) is 65.6 Å². The zero-order valence-corrected chi connectivity index (χ0v) is 20.7. The third-order valence-electron chi connectivity index (χ3n) is 6.05. The minimum absolute atomic E-state index is 0.109. The molecule has 180 valence electrons. The van der Waals surface area contributed by atoms with Crippen LogP contribution in [0.25, 0.3) is 17.0 Å². The molecule has 1 amide bonds. The van der Waals surface area contributed by atoms with Crippen LogP contribution in [0.2, 0.25) is 0 Å². The number of nitrogens with zero attached hydrogens (tertiary/aromatic N) is 1. The molecule has 1 atom stereocenters. The van der Waals surface area contributed by atoms with Crippen molar-refractivity contribution < 1.29 is 19.1 Å². The van der Waals surface area contributed by atoms with Gasteiger partial charge < -0.3 is 19.4 Å². The van der Waals surface area contributed by atoms with Gasteiger partial charge in [-0.15, -0.1) is 0 Å². The molecule has 2 aromatic carbocycles. The molecule has 0 aliphatic rings. The Kier molecular flexibility index (Phi) is 8.52. The van der Waals surface area contributed by atoms with Crippen molar-refractivity contribution in [2.45, 2.75) is 38.5 Å². The molecule has 3 rings (SSSR count). The number of esters is 1. The molecule has 6 nitrogen and oxygen atoms in total. The number of aromatic nitrogens is 1. The molecule has 0 bridgehead atoms. The third kappa shape index (κ3) is 5.68. The summed E-state index contributed by atoms with van der Waals surface area (Å²) in [6.45, 7) is 2.17. The third-order valence-corrected chi connectivity index (χ3v) is 6.05. The summed E-state index contributed by atoms with van der Waals surface area (Å²) in [7, 11) is 6.55. The zero-order valence-electron chi connectivity index (χ0n) is 20.7. The van der Waals surface area contributed by atoms with Gasteiger partial charge in [0, 0.05) is 49.1 Å². The second kappa shape index (κ2) is 11.5. The van der Waals surface area contributed by atoms with Gasteiger partial charge in [0.25, 0.3) is 0 Å². The number of carbonyl (C=O) groups excluding carboxylic acids is 2. The molecule has 0 aliphatic heterocycles. The lowest BCUT2D eigenvalue weighted by molar-refractivity contribution is -0.128. The molecule has 0 saturated carbocycles. The number of methoxy groups -OCH3 is 2. The highest BCUT2D eigenvalue weighted by atomic mass is 16.5. The number of carbonyl (C=O) groups is 2. The standard InChI is InChI=1S/C28H34N2O4/c1-6-9-21(22-14-13-20(28(32)34-5)17-26(22)33-4)24-18-29-25-15-12-19(16-23(24)25)10-7-8-11-27(31)30(2)3/h7,10,12-18,21,29H,6,8-9,11H2,1-5H3/b10-7+. The first-order valence-electron chi connectivity index (χ1n) is 11.6. The number of benzene rings is 2. The molecule has 1 heterocycles. The van der Waals surface area contributed by atoms with Gasteiger partial charge >= 0.3 is 5.97 Å². The molecule has 3 aromatic rings. The van der Waals surface area contributed by atoms with Crippen molar-refractivity contribution in [3.8, 4) is 5.75 Å². The van der Waals surface area contributed by atoms with E-state index in [0.717, 1.165) is 34.9 Å². The van der Waals surface area contributed by atoms with E-state index >= 15 is 0 Å². The van der Waals surface area contributed by atoms with Crippen molar-refractivity contribution in [1.82, 2.24) is 9.88 Å². The smallest absolute Gasteiger partial charge is 0.337 e. The Hall–Kier alpha value is -3.54. The maximum atomic E-state index is 12.0. The van der Waals surface area contributed by atoms with E-state index < -0.39 is 0 Å². The van der Waals surface area contributed by atoms with E-state index in [-0.39, 0.29) is 17.8 Å². The van der Waals surface area contributed by atoms with Gasteiger partial charge in [0.2, 0.25) is 5.91 Å². The van der Waals surface area contributed by atoms with Gasteiger partial charge in [0.15, 0.2) is 0 Å². The lowest BCUT2D eigenvalue weighted by Crippen LogP contribution is -2.20. The molecule has 1 N–H and O–H groups in total. The Morgan fingerprint density at radius 2 is 1.88 bits per heavy atom. The normalized spacial score (nSPS) is 12.1. The highest BCUT2D eigenvalue weighted by Gasteiger charge is 2.22. The van der Waals surface area contributed by atoms with Crippen LogP contribution in [-0.4, -0.2) is 50.1 Å². The van der Waals surface area contributed by atoms with Gasteiger partial charge in [0.1, 0.15) is 5.75 Å². The Morgan fingerprint density at radius 3 is 2.56 bits per heavy atom. The van der Waals surface area contributed by atoms with Crippen molar-refractivity contribution >= 4 is 28.9 Å². The van der Waals surface area contributed by atoms with Gasteiger partial charge in [-0.25, -0.2) is 4.79 Å². The van der Waals surface area contributed by atoms with E-state index in [1.165, 1.54) is 12.7 Å². The van der Waals surface area contributed by atoms with Gasteiger partial charge in [-0.2, -0.15) is 0 Å². The van der Waals surface area contributed by atoms with E-state index in [4.69, 9.17) is 9.47 Å². The molecule has 1 aromatic heterocycles. The second-order valence-corrected chi connectivity index (χ2v) is 8.57. The number of nitrogens with one attached hydrogen (secondary N) is 1. The number of allylic oxidation sites excluding steroid dienone is 1. The maximum Gasteiger partial charge on any atom is 0.337 e. The minimum atomic E-state index is -0.382. The summed E-state index contributed by atoms with van der Waals surface area (Å²) in [6.07, 6.45) is 9.33. The maximum absolute atomic E-state index is 12.0. The van der Waals surface area contributed by atoms with Crippen LogP contribution in [-0.2, 0) is 9.53 Å². The number of aromatic amines is 1. The molecule has 0 radical (unpaired) electrons. The summed E-state index contributed by atoms with van der Waals surface area (Å²) in [5.41, 5.74) is 4.87. The first kappa shape index (κ1) is 25.1. The monoisotopic (exact) mass is 462 g/mol. The van der Waals surface area contributed by atoms with E-state index in [2.05, 4.69) is 42.4 Å². The van der Waals surface area contributed by atoms with Crippen LogP contribution < -0.4 is 4.74 Å². The molecule has 0 aliphatic carbocycles. The van der Waals surface area contributed by atoms with Crippen molar-refractivity contribution in [1.29, 1.82) is 0 Å². The fourth-order valence-electron chi connectivity index (χ4n) is 4.21. The molecule has 0 spiro atoms. The molecule has 34 heavy (non-hydrogen) atoms. The summed E-state index contributed by atoms with van der Waals surface area (Å²) in [4.78, 5) is 28.8. The average molecular weight is 463 g/mol. The number of hydrogen-bond acceptors (Lipinski definition) is 4. The highest BCUT2D eigenvalue weighted by Crippen LogP contribution is 2.39. The Bertz CT molecular complexity index is 1180. The predicted octanol–water partition coefficient (Wildman–Crippen LogP) is 5.78. The van der Waals surface area contributed by atoms with Gasteiger partial charge in [-0.1, -0.05) is 37.6 Å². The first-order valence-corrected chi connectivity index (χ1v) is 11.6. The van der Waals surface area contributed by atoms with Gasteiger partial charge in [-0.3, -0.25) is 4.79 Å². The largest absolute Gasteiger partial charge is 0.496 e. The van der Waals surface area contributed by atoms with E-state index in [9.17, 15) is 9.59 Å². The number of rotatable bonds is 10. The van der Waals surface area contributed by atoms with Crippen LogP contribution in [0.15, 0.2) is 48.7 Å². The number of amides is 1. The fraction of sp³-hybridized carbons (Fsp3) is 0.357. The number of ether oxygens (including phenoxy) is 2. The van der Waals surface area contributed by atoms with E-state index in [0.29, 0.717) is 24.2 Å². The summed E-state index contributed by atoms with van der Waals surface area (Å²) in [5, 5.41) is 1.16. The van der Waals surface area contributed by atoms with Crippen LogP contribution in [0.5, 0.6) is 5.75 Å². The van der Waals surface area contributed by atoms with Crippen molar-refractivity contribution in [2.75, 3.05) is 28.3 Å². The van der Waals surface area contributed by atoms with E-state index in [1.807, 2.05) is 12.1 Å². The van der Waals surface area contributed by atoms with Crippen molar-refractivity contribution in [3.05, 3.63) is 70.9 Å². The SMILES string of the molecule is CCCC(c1ccc(C(=O)OC)cc1OC)c1c[nH]c2ccc(/C=C/CCC(=O)N(C)C)cc12. The first-order chi connectivity index (χ1) is 16.4. The van der Waals surface area contributed by atoms with Crippen LogP contribution >= 0.6 is 0 Å². The molecule has 0 fully saturated rings. The average Bonchev–Trinajstić information content (AvgIpc) is 3.27. The van der Waals surface area contributed by atoms with Crippen LogP contribution in [0.3, 0.4) is 0 Å². The highest BCUT2D eigenvalue weighted by molar-refractivity contribution is 5.90. The zero-order chi connectivity index (χ0) is 24.7. The summed E-state index contributed by atoms with van der Waals surface area (Å²) in [6, 6.07) is 11.9. The van der Waals surface area contributed by atoms with Crippen molar-refractivity contribution in [3.63, 3.8) is 0 Å². The summed E-state index contributed by atoms with van der Waals surface area (Å²) >= 11 is 0. The Balaban J connectivity index is 1.94. The molecule has 0 saturated heterocycles. The quantitative estimate of drug-likeness (QED) is 0.388. The van der Waals surface area contributed by atoms with Crippen molar-refractivity contribution in [2.24, 2.45) is 0 Å². The summed E-state index contributed by atoms with van der Waals surface area (Å²) < 4.78 is 10.5. The topological polar surface area (TPSA) is 71.6 Å². The van der Waals surface area contributed by atoms with Crippen LogP contribution in [0, 0.1) is 0 Å². The van der Waals surface area contributed by atoms with Gasteiger partial charge in [0.05, 0.1) is 19.8 Å². The predicted molar refractivity (Wildman–Crippen MR) is 136 cm³/mol. The number of H-pyrrole nitrogens is 1. The molecular weight excluding hydrogens is 428 g/mol. The second-order valence-electron chi connectivity index (χ2n) is 8.57. The lowest BCUT2D eigenvalue weighted by Gasteiger charge is -2.20. The molecule has 1 unspecified atom stereocenters. The fourth-order valence-corrected chi connectivity index (χ4v) is 4.21. The van der Waals surface area contributed by atoms with Gasteiger partial charge in [-0.05, 0) is 48.2 Å². The number of fused-ring (bicyclic) bond motifs is 1. The van der Waals surface area contributed by atoms with E-state index in [1.54, 1.807) is 38.2 Å². The summed E-state index contributed by atoms with van der Waals surface area (Å²) in [5.74, 6) is 0.532. The Morgan fingerprint density at radius 1 is 1.09 bits per heavy atom. The Labute approximate surface area is 201 Å². The minimum Gasteiger partial charge on any atom is -0.496 e.